The van der Waals surface area contributed by atoms with E-state index < -0.39 is 0 Å². The lowest BCUT2D eigenvalue weighted by Gasteiger charge is -2.06. The van der Waals surface area contributed by atoms with E-state index in [2.05, 4.69) is 108 Å². The Morgan fingerprint density at radius 3 is 1.67 bits per heavy atom. The van der Waals surface area contributed by atoms with Crippen molar-refractivity contribution in [2.75, 3.05) is 7.11 Å². The molecule has 0 unspecified atom stereocenters. The van der Waals surface area contributed by atoms with Crippen molar-refractivity contribution in [3.63, 3.8) is 0 Å². The van der Waals surface area contributed by atoms with Crippen LogP contribution in [0.2, 0.25) is 0 Å². The van der Waals surface area contributed by atoms with Gasteiger partial charge in [-0.1, -0.05) is 114 Å². The van der Waals surface area contributed by atoms with Crippen LogP contribution in [-0.4, -0.2) is 7.11 Å². The van der Waals surface area contributed by atoms with Crippen molar-refractivity contribution in [1.82, 2.24) is 0 Å². The first kappa shape index (κ1) is 33.5. The molecular formula is C35H54O. The van der Waals surface area contributed by atoms with Crippen LogP contribution in [0.1, 0.15) is 100 Å². The monoisotopic (exact) mass is 490 g/mol. The fourth-order valence-electron chi connectivity index (χ4n) is 3.79. The lowest BCUT2D eigenvalue weighted by Crippen LogP contribution is -1.90. The quantitative estimate of drug-likeness (QED) is 0.274. The molecule has 1 heteroatoms. The topological polar surface area (TPSA) is 9.23 Å². The van der Waals surface area contributed by atoms with Crippen LogP contribution >= 0.6 is 0 Å². The fourth-order valence-corrected chi connectivity index (χ4v) is 3.79. The second kappa shape index (κ2) is 20.6. The van der Waals surface area contributed by atoms with E-state index in [4.69, 9.17) is 4.74 Å². The molecule has 0 saturated carbocycles. The number of hydrogen-bond acceptors (Lipinski definition) is 1. The molecule has 36 heavy (non-hydrogen) atoms. The van der Waals surface area contributed by atoms with Gasteiger partial charge in [-0.05, 0) is 93.2 Å². The van der Waals surface area contributed by atoms with Crippen LogP contribution in [0.3, 0.4) is 0 Å². The summed E-state index contributed by atoms with van der Waals surface area (Å²) >= 11 is 0. The zero-order valence-electron chi connectivity index (χ0n) is 23.6. The number of ether oxygens (including phenoxy) is 1. The molecule has 0 amide bonds. The molecule has 0 saturated heterocycles. The number of benzene rings is 3. The van der Waals surface area contributed by atoms with Crippen molar-refractivity contribution in [3.8, 4) is 5.75 Å². The van der Waals surface area contributed by atoms with Gasteiger partial charge in [0, 0.05) is 0 Å². The van der Waals surface area contributed by atoms with E-state index in [-0.39, 0.29) is 7.43 Å². The summed E-state index contributed by atoms with van der Waals surface area (Å²) in [6.07, 6.45) is 11.3. The first-order valence-corrected chi connectivity index (χ1v) is 13.7. The minimum atomic E-state index is 0. The predicted molar refractivity (Wildman–Crippen MR) is 163 cm³/mol. The smallest absolute Gasteiger partial charge is 0.122 e. The van der Waals surface area contributed by atoms with Gasteiger partial charge in [-0.2, -0.15) is 0 Å². The van der Waals surface area contributed by atoms with Gasteiger partial charge in [-0.15, -0.1) is 0 Å². The summed E-state index contributed by atoms with van der Waals surface area (Å²) in [6.45, 7) is 13.1. The third kappa shape index (κ3) is 14.1. The molecule has 200 valence electrons. The van der Waals surface area contributed by atoms with Gasteiger partial charge in [0.05, 0.1) is 7.11 Å². The Labute approximate surface area is 224 Å². The Kier molecular flexibility index (Phi) is 19.2. The molecule has 0 radical (unpaired) electrons. The minimum Gasteiger partial charge on any atom is -0.496 e. The fraction of sp³-hybridized carbons (Fsp3) is 0.486. The normalized spacial score (nSPS) is 9.75. The summed E-state index contributed by atoms with van der Waals surface area (Å²) in [5, 5.41) is 0. The molecule has 0 aliphatic carbocycles. The average molecular weight is 491 g/mol. The van der Waals surface area contributed by atoms with Gasteiger partial charge >= 0.3 is 0 Å². The molecule has 0 atom stereocenters. The van der Waals surface area contributed by atoms with Crippen LogP contribution in [0.4, 0.5) is 0 Å². The van der Waals surface area contributed by atoms with E-state index in [1.165, 1.54) is 84.7 Å². The van der Waals surface area contributed by atoms with Crippen molar-refractivity contribution >= 4 is 0 Å². The van der Waals surface area contributed by atoms with Gasteiger partial charge in [-0.25, -0.2) is 0 Å². The molecule has 0 bridgehead atoms. The summed E-state index contributed by atoms with van der Waals surface area (Å²) in [6, 6.07) is 23.9. The van der Waals surface area contributed by atoms with Crippen molar-refractivity contribution < 1.29 is 4.74 Å². The highest BCUT2D eigenvalue weighted by Gasteiger charge is 1.99. The highest BCUT2D eigenvalue weighted by Crippen LogP contribution is 2.20. The largest absolute Gasteiger partial charge is 0.496 e. The first-order chi connectivity index (χ1) is 16.9. The molecule has 0 heterocycles. The van der Waals surface area contributed by atoms with Crippen LogP contribution in [0.25, 0.3) is 0 Å². The summed E-state index contributed by atoms with van der Waals surface area (Å²) in [5.74, 6) is 1.01. The molecule has 0 spiro atoms. The number of methoxy groups -OCH3 is 1. The van der Waals surface area contributed by atoms with Crippen molar-refractivity contribution in [1.29, 1.82) is 0 Å². The van der Waals surface area contributed by atoms with Gasteiger partial charge in [-0.3, -0.25) is 0 Å². The lowest BCUT2D eigenvalue weighted by atomic mass is 10.0. The van der Waals surface area contributed by atoms with E-state index in [9.17, 15) is 0 Å². The SMILES string of the molecule is C.CCCCc1ccc(C)c(OC)c1.CCCCc1ccc(C)cc1.CCCCc1ccccc1C. The van der Waals surface area contributed by atoms with Crippen molar-refractivity contribution in [2.24, 2.45) is 0 Å². The Hall–Kier alpha value is -2.54. The Morgan fingerprint density at radius 2 is 1.11 bits per heavy atom. The van der Waals surface area contributed by atoms with Crippen LogP contribution in [0, 0.1) is 20.8 Å². The van der Waals surface area contributed by atoms with E-state index in [0.717, 1.165) is 12.2 Å². The van der Waals surface area contributed by atoms with E-state index in [1.54, 1.807) is 7.11 Å². The number of unbranched alkanes of at least 4 members (excludes halogenated alkanes) is 3. The summed E-state index contributed by atoms with van der Waals surface area (Å²) in [7, 11) is 1.73. The van der Waals surface area contributed by atoms with Crippen LogP contribution in [-0.2, 0) is 19.3 Å². The van der Waals surface area contributed by atoms with E-state index in [1.807, 2.05) is 0 Å². The standard InChI is InChI=1S/C12H18O.2C11H16.CH4/c1-4-5-6-11-8-7-10(2)12(9-11)13-3;1-3-4-8-11-9-6-5-7-10(11)2;1-3-4-5-11-8-6-10(2)7-9-11;/h7-9H,4-6H2,1-3H3;5-7,9H,3-4,8H2,1-2H3;6-9H,3-5H2,1-2H3;1H4. The van der Waals surface area contributed by atoms with E-state index >= 15 is 0 Å². The van der Waals surface area contributed by atoms with Crippen LogP contribution < -0.4 is 4.74 Å². The van der Waals surface area contributed by atoms with Crippen molar-refractivity contribution in [3.05, 3.63) is 100 Å². The summed E-state index contributed by atoms with van der Waals surface area (Å²) < 4.78 is 5.27. The van der Waals surface area contributed by atoms with Gasteiger partial charge < -0.3 is 4.74 Å². The Bertz CT molecular complexity index is 924. The van der Waals surface area contributed by atoms with Gasteiger partial charge in [0.25, 0.3) is 0 Å². The maximum absolute atomic E-state index is 5.27. The maximum Gasteiger partial charge on any atom is 0.122 e. The molecule has 3 aromatic carbocycles. The second-order valence-corrected chi connectivity index (χ2v) is 9.53. The van der Waals surface area contributed by atoms with Gasteiger partial charge in [0.15, 0.2) is 0 Å². The Balaban J connectivity index is 0.000000506. The minimum absolute atomic E-state index is 0. The zero-order valence-corrected chi connectivity index (χ0v) is 23.6. The number of aryl methyl sites for hydroxylation is 6. The van der Waals surface area contributed by atoms with Gasteiger partial charge in [0.1, 0.15) is 5.75 Å². The lowest BCUT2D eigenvalue weighted by molar-refractivity contribution is 0.411. The molecule has 3 rings (SSSR count). The van der Waals surface area contributed by atoms with Gasteiger partial charge in [0.2, 0.25) is 0 Å². The third-order valence-corrected chi connectivity index (χ3v) is 6.29. The summed E-state index contributed by atoms with van der Waals surface area (Å²) in [5.41, 5.74) is 8.35. The molecule has 1 nitrogen and oxygen atoms in total. The molecule has 3 aromatic rings. The Morgan fingerprint density at radius 1 is 0.583 bits per heavy atom. The predicted octanol–water partition coefficient (Wildman–Crippen LogP) is 10.7. The molecule has 0 fully saturated rings. The van der Waals surface area contributed by atoms with Crippen LogP contribution in [0.5, 0.6) is 5.75 Å². The zero-order chi connectivity index (χ0) is 25.9. The first-order valence-electron chi connectivity index (χ1n) is 13.7. The molecule has 0 N–H and O–H groups in total. The summed E-state index contributed by atoms with van der Waals surface area (Å²) in [4.78, 5) is 0. The second-order valence-electron chi connectivity index (χ2n) is 9.53. The number of hydrogen-bond donors (Lipinski definition) is 0. The van der Waals surface area contributed by atoms with Crippen LogP contribution in [0.15, 0.2) is 66.7 Å². The van der Waals surface area contributed by atoms with Crippen molar-refractivity contribution in [2.45, 2.75) is 107 Å². The number of rotatable bonds is 10. The molecule has 0 aliphatic rings. The highest BCUT2D eigenvalue weighted by atomic mass is 16.5. The highest BCUT2D eigenvalue weighted by molar-refractivity contribution is 5.36. The third-order valence-electron chi connectivity index (χ3n) is 6.29. The molecule has 0 aromatic heterocycles. The maximum atomic E-state index is 5.27. The molecule has 0 aliphatic heterocycles. The molecular weight excluding hydrogens is 436 g/mol. The van der Waals surface area contributed by atoms with E-state index in [0.29, 0.717) is 0 Å². The average Bonchev–Trinajstić information content (AvgIpc) is 2.88.